The molecule has 0 radical (unpaired) electrons. The normalized spacial score (nSPS) is 12.0. The smallest absolute Gasteiger partial charge is 0.343 e. The predicted octanol–water partition coefficient (Wildman–Crippen LogP) is 2.32. The number of nitrogens with two attached hydrogens (primary N) is 1. The summed E-state index contributed by atoms with van der Waals surface area (Å²) >= 11 is 0. The van der Waals surface area contributed by atoms with Crippen molar-refractivity contribution < 1.29 is 24.2 Å². The van der Waals surface area contributed by atoms with Crippen LogP contribution in [0.2, 0.25) is 0 Å². The third-order valence-electron chi connectivity index (χ3n) is 4.84. The molecule has 0 aliphatic carbocycles. The van der Waals surface area contributed by atoms with Crippen molar-refractivity contribution in [3.63, 3.8) is 0 Å². The fourth-order valence-electron chi connectivity index (χ4n) is 3.53. The molecule has 1 amide bonds. The molecule has 0 bridgehead atoms. The Morgan fingerprint density at radius 3 is 2.48 bits per heavy atom. The zero-order valence-electron chi connectivity index (χ0n) is 16.4. The van der Waals surface area contributed by atoms with Crippen LogP contribution >= 0.6 is 0 Å². The number of aliphatic hydroxyl groups is 1. The van der Waals surface area contributed by atoms with Crippen LogP contribution in [-0.4, -0.2) is 35.3 Å². The van der Waals surface area contributed by atoms with Gasteiger partial charge in [0.25, 0.3) is 5.91 Å². The Kier molecular flexibility index (Phi) is 6.19. The van der Waals surface area contributed by atoms with Gasteiger partial charge in [0.05, 0.1) is 12.6 Å². The lowest BCUT2D eigenvalue weighted by atomic mass is 10.0. The summed E-state index contributed by atoms with van der Waals surface area (Å²) in [6.07, 6.45) is -0.926. The van der Waals surface area contributed by atoms with Gasteiger partial charge in [-0.2, -0.15) is 0 Å². The van der Waals surface area contributed by atoms with E-state index >= 15 is 0 Å². The average Bonchev–Trinajstić information content (AvgIpc) is 3.05. The van der Waals surface area contributed by atoms with Crippen molar-refractivity contribution in [1.29, 1.82) is 0 Å². The summed E-state index contributed by atoms with van der Waals surface area (Å²) in [5.41, 5.74) is 8.47. The van der Waals surface area contributed by atoms with Gasteiger partial charge in [0.15, 0.2) is 12.7 Å². The van der Waals surface area contributed by atoms with Gasteiger partial charge in [0, 0.05) is 23.2 Å². The third-order valence-corrected chi connectivity index (χ3v) is 4.84. The van der Waals surface area contributed by atoms with Crippen LogP contribution in [-0.2, 0) is 27.3 Å². The van der Waals surface area contributed by atoms with Crippen molar-refractivity contribution in [3.05, 3.63) is 65.4 Å². The van der Waals surface area contributed by atoms with Gasteiger partial charge < -0.3 is 24.9 Å². The Morgan fingerprint density at radius 1 is 1.14 bits per heavy atom. The lowest BCUT2D eigenvalue weighted by molar-refractivity contribution is -0.142. The summed E-state index contributed by atoms with van der Waals surface area (Å²) in [5, 5.41) is 11.2. The fraction of sp³-hybridized carbons (Fsp3) is 0.273. The van der Waals surface area contributed by atoms with Crippen LogP contribution in [0.1, 0.15) is 29.8 Å². The van der Waals surface area contributed by atoms with Crippen LogP contribution in [0.3, 0.4) is 0 Å². The molecule has 0 aliphatic rings. The number of hydrogen-bond donors (Lipinski definition) is 2. The number of methoxy groups -OCH3 is 1. The van der Waals surface area contributed by atoms with Gasteiger partial charge in [0.1, 0.15) is 5.75 Å². The lowest BCUT2D eigenvalue weighted by Crippen LogP contribution is -2.22. The van der Waals surface area contributed by atoms with Crippen LogP contribution in [0.15, 0.2) is 48.5 Å². The highest BCUT2D eigenvalue weighted by Crippen LogP contribution is 2.38. The molecule has 1 heterocycles. The van der Waals surface area contributed by atoms with E-state index in [0.29, 0.717) is 29.7 Å². The molecule has 0 saturated heterocycles. The second-order valence-electron chi connectivity index (χ2n) is 6.61. The van der Waals surface area contributed by atoms with Gasteiger partial charge in [-0.15, -0.1) is 0 Å². The molecule has 7 heteroatoms. The number of amides is 1. The number of nitrogens with zero attached hydrogens (tertiary/aromatic N) is 1. The van der Waals surface area contributed by atoms with Crippen molar-refractivity contribution in [2.24, 2.45) is 5.73 Å². The van der Waals surface area contributed by atoms with E-state index in [9.17, 15) is 14.7 Å². The first-order valence-corrected chi connectivity index (χ1v) is 9.32. The summed E-state index contributed by atoms with van der Waals surface area (Å²) in [4.78, 5) is 23.4. The van der Waals surface area contributed by atoms with Crippen molar-refractivity contribution in [3.8, 4) is 5.75 Å². The van der Waals surface area contributed by atoms with Crippen LogP contribution in [0.25, 0.3) is 10.9 Å². The van der Waals surface area contributed by atoms with Crippen LogP contribution in [0, 0.1) is 0 Å². The molecule has 1 aromatic heterocycles. The van der Waals surface area contributed by atoms with Gasteiger partial charge in [-0.1, -0.05) is 43.3 Å². The summed E-state index contributed by atoms with van der Waals surface area (Å²) in [6.45, 7) is 2.21. The van der Waals surface area contributed by atoms with E-state index in [0.717, 1.165) is 16.8 Å². The third kappa shape index (κ3) is 4.09. The number of rotatable bonds is 8. The maximum atomic E-state index is 11.9. The number of benzene rings is 2. The number of primary amides is 1. The van der Waals surface area contributed by atoms with Crippen LogP contribution < -0.4 is 10.5 Å². The molecular formula is C22H24N2O5. The van der Waals surface area contributed by atoms with E-state index < -0.39 is 18.0 Å². The largest absolute Gasteiger partial charge is 0.481 e. The molecular weight excluding hydrogens is 372 g/mol. The second-order valence-corrected chi connectivity index (χ2v) is 6.61. The summed E-state index contributed by atoms with van der Waals surface area (Å²) in [7, 11) is 1.28. The SMILES string of the molecule is CCc1c(C(O)C(N)=O)c2c(OCC(=O)OC)cccc2n1Cc1ccccc1. The quantitative estimate of drug-likeness (QED) is 0.569. The molecule has 0 saturated carbocycles. The predicted molar refractivity (Wildman–Crippen MR) is 109 cm³/mol. The van der Waals surface area contributed by atoms with Crippen molar-refractivity contribution in [2.75, 3.05) is 13.7 Å². The molecule has 29 heavy (non-hydrogen) atoms. The number of carbonyl (C=O) groups is 2. The molecule has 3 aromatic rings. The molecule has 1 unspecified atom stereocenters. The lowest BCUT2D eigenvalue weighted by Gasteiger charge is -2.13. The van der Waals surface area contributed by atoms with E-state index in [1.807, 2.05) is 47.9 Å². The van der Waals surface area contributed by atoms with E-state index in [2.05, 4.69) is 4.74 Å². The van der Waals surface area contributed by atoms with E-state index in [4.69, 9.17) is 10.5 Å². The van der Waals surface area contributed by atoms with Crippen molar-refractivity contribution >= 4 is 22.8 Å². The van der Waals surface area contributed by atoms with Gasteiger partial charge in [-0.3, -0.25) is 4.79 Å². The zero-order valence-corrected chi connectivity index (χ0v) is 16.4. The van der Waals surface area contributed by atoms with Crippen molar-refractivity contribution in [2.45, 2.75) is 26.0 Å². The Hall–Kier alpha value is -3.32. The summed E-state index contributed by atoms with van der Waals surface area (Å²) < 4.78 is 12.3. The van der Waals surface area contributed by atoms with Gasteiger partial charge >= 0.3 is 5.97 Å². The maximum Gasteiger partial charge on any atom is 0.343 e. The molecule has 0 aliphatic heterocycles. The minimum atomic E-state index is -1.49. The Balaban J connectivity index is 2.22. The fourth-order valence-corrected chi connectivity index (χ4v) is 3.53. The van der Waals surface area contributed by atoms with Gasteiger partial charge in [-0.05, 0) is 24.1 Å². The second kappa shape index (κ2) is 8.79. The number of aromatic nitrogens is 1. The van der Waals surface area contributed by atoms with Crippen LogP contribution in [0.4, 0.5) is 0 Å². The number of esters is 1. The molecule has 1 atom stereocenters. The first kappa shape index (κ1) is 20.4. The molecule has 2 aromatic carbocycles. The first-order valence-electron chi connectivity index (χ1n) is 9.32. The Labute approximate surface area is 168 Å². The van der Waals surface area contributed by atoms with Crippen molar-refractivity contribution in [1.82, 2.24) is 4.57 Å². The number of carbonyl (C=O) groups excluding carboxylic acids is 2. The van der Waals surface area contributed by atoms with E-state index in [1.165, 1.54) is 7.11 Å². The first-order chi connectivity index (χ1) is 14.0. The van der Waals surface area contributed by atoms with E-state index in [-0.39, 0.29) is 6.61 Å². The topological polar surface area (TPSA) is 104 Å². The standard InChI is InChI=1S/C22H24N2O5/c1-3-15-20(21(26)22(23)27)19-16(24(15)12-14-8-5-4-6-9-14)10-7-11-17(19)29-13-18(25)28-2/h4-11,21,26H,3,12-13H2,1-2H3,(H2,23,27). The number of fused-ring (bicyclic) bond motifs is 1. The average molecular weight is 396 g/mol. The number of aliphatic hydroxyl groups excluding tert-OH is 1. The van der Waals surface area contributed by atoms with E-state index in [1.54, 1.807) is 12.1 Å². The molecule has 0 fully saturated rings. The number of ether oxygens (including phenoxy) is 2. The highest BCUT2D eigenvalue weighted by molar-refractivity contribution is 5.96. The monoisotopic (exact) mass is 396 g/mol. The summed E-state index contributed by atoms with van der Waals surface area (Å²) in [6, 6.07) is 15.2. The minimum Gasteiger partial charge on any atom is -0.481 e. The number of hydrogen-bond acceptors (Lipinski definition) is 5. The highest BCUT2D eigenvalue weighted by Gasteiger charge is 2.27. The minimum absolute atomic E-state index is 0.285. The molecule has 0 spiro atoms. The molecule has 152 valence electrons. The molecule has 7 nitrogen and oxygen atoms in total. The molecule has 3 N–H and O–H groups in total. The van der Waals surface area contributed by atoms with Gasteiger partial charge in [0.2, 0.25) is 0 Å². The molecule has 3 rings (SSSR count). The highest BCUT2D eigenvalue weighted by atomic mass is 16.6. The Morgan fingerprint density at radius 2 is 1.86 bits per heavy atom. The zero-order chi connectivity index (χ0) is 21.0. The Bertz CT molecular complexity index is 1030. The van der Waals surface area contributed by atoms with Crippen LogP contribution in [0.5, 0.6) is 5.75 Å². The maximum absolute atomic E-state index is 11.9. The summed E-state index contributed by atoms with van der Waals surface area (Å²) in [5.74, 6) is -0.996. The van der Waals surface area contributed by atoms with Gasteiger partial charge in [-0.25, -0.2) is 4.79 Å².